The summed E-state index contributed by atoms with van der Waals surface area (Å²) in [4.78, 5) is 20.7. The summed E-state index contributed by atoms with van der Waals surface area (Å²) in [6, 6.07) is 37.8. The zero-order valence-corrected chi connectivity index (χ0v) is 19.7. The van der Waals surface area contributed by atoms with Gasteiger partial charge in [0.25, 0.3) is 5.72 Å². The van der Waals surface area contributed by atoms with Crippen molar-refractivity contribution < 1.29 is 14.4 Å². The monoisotopic (exact) mass is 462 g/mol. The molecule has 5 heteroatoms. The van der Waals surface area contributed by atoms with Crippen LogP contribution >= 0.6 is 0 Å². The highest BCUT2D eigenvalue weighted by Crippen LogP contribution is 2.47. The summed E-state index contributed by atoms with van der Waals surface area (Å²) in [6.07, 6.45) is 0. The van der Waals surface area contributed by atoms with Crippen molar-refractivity contribution in [2.45, 2.75) is 18.7 Å². The second kappa shape index (κ2) is 9.47. The summed E-state index contributed by atoms with van der Waals surface area (Å²) in [7, 11) is 1.38. The fourth-order valence-electron chi connectivity index (χ4n) is 4.63. The van der Waals surface area contributed by atoms with Crippen LogP contribution < -0.4 is 0 Å². The molecule has 1 atom stereocenters. The Labute approximate surface area is 205 Å². The molecule has 0 spiro atoms. The lowest BCUT2D eigenvalue weighted by Gasteiger charge is -2.42. The molecule has 0 N–H and O–H groups in total. The summed E-state index contributed by atoms with van der Waals surface area (Å²) >= 11 is 0. The Balaban J connectivity index is 1.69. The van der Waals surface area contributed by atoms with Crippen LogP contribution in [-0.2, 0) is 15.3 Å². The van der Waals surface area contributed by atoms with Crippen molar-refractivity contribution >= 4 is 11.8 Å². The van der Waals surface area contributed by atoms with E-state index >= 15 is 0 Å². The lowest BCUT2D eigenvalue weighted by Crippen LogP contribution is -2.48. The van der Waals surface area contributed by atoms with Gasteiger partial charge in [0.05, 0.1) is 18.7 Å². The van der Waals surface area contributed by atoms with Crippen LogP contribution in [0.3, 0.4) is 0 Å². The van der Waals surface area contributed by atoms with Gasteiger partial charge in [-0.05, 0) is 24.6 Å². The van der Waals surface area contributed by atoms with E-state index in [4.69, 9.17) is 9.57 Å². The third kappa shape index (κ3) is 3.95. The van der Waals surface area contributed by atoms with Crippen molar-refractivity contribution in [3.05, 3.63) is 143 Å². The molecule has 0 bridgehead atoms. The van der Waals surface area contributed by atoms with Crippen LogP contribution in [0.5, 0.6) is 0 Å². The Bertz CT molecular complexity index is 1280. The van der Waals surface area contributed by atoms with E-state index in [1.54, 1.807) is 12.1 Å². The first-order valence-electron chi connectivity index (χ1n) is 11.6. The largest absolute Gasteiger partial charge is 0.465 e. The molecule has 0 unspecified atom stereocenters. The van der Waals surface area contributed by atoms with E-state index in [-0.39, 0.29) is 12.0 Å². The number of hydrogen-bond donors (Lipinski definition) is 0. The molecule has 4 aromatic rings. The van der Waals surface area contributed by atoms with Crippen LogP contribution in [0.25, 0.3) is 0 Å². The average molecular weight is 463 g/mol. The van der Waals surface area contributed by atoms with Gasteiger partial charge in [-0.15, -0.1) is 0 Å². The first-order valence-corrected chi connectivity index (χ1v) is 11.6. The zero-order chi connectivity index (χ0) is 24.3. The smallest absolute Gasteiger partial charge is 0.337 e. The van der Waals surface area contributed by atoms with E-state index < -0.39 is 5.72 Å². The molecule has 5 nitrogen and oxygen atoms in total. The number of carbonyl (C=O) groups is 1. The third-order valence-corrected chi connectivity index (χ3v) is 6.40. The number of oxime groups is 1. The molecule has 4 aromatic carbocycles. The molecule has 0 radical (unpaired) electrons. The summed E-state index contributed by atoms with van der Waals surface area (Å²) in [6.45, 7) is 2.16. The van der Waals surface area contributed by atoms with Gasteiger partial charge in [-0.2, -0.15) is 0 Å². The lowest BCUT2D eigenvalue weighted by molar-refractivity contribution is -0.0841. The molecule has 35 heavy (non-hydrogen) atoms. The van der Waals surface area contributed by atoms with Gasteiger partial charge < -0.3 is 9.57 Å². The normalized spacial score (nSPS) is 15.1. The van der Waals surface area contributed by atoms with Crippen LogP contribution in [0, 0.1) is 0 Å². The van der Waals surface area contributed by atoms with Crippen molar-refractivity contribution in [3.8, 4) is 0 Å². The van der Waals surface area contributed by atoms with Gasteiger partial charge in [-0.25, -0.2) is 4.79 Å². The highest BCUT2D eigenvalue weighted by Gasteiger charge is 2.51. The number of amidine groups is 1. The van der Waals surface area contributed by atoms with Crippen molar-refractivity contribution in [2.24, 2.45) is 5.16 Å². The number of ether oxygens (including phenoxy) is 1. The molecular formula is C30H26N2O3. The maximum absolute atomic E-state index is 12.0. The Morgan fingerprint density at radius 1 is 0.800 bits per heavy atom. The zero-order valence-electron chi connectivity index (χ0n) is 19.7. The van der Waals surface area contributed by atoms with Crippen LogP contribution in [0.2, 0.25) is 0 Å². The molecule has 174 valence electrons. The number of hydrogen-bond acceptors (Lipinski definition) is 5. The van der Waals surface area contributed by atoms with Crippen molar-refractivity contribution in [2.75, 3.05) is 7.11 Å². The van der Waals surface area contributed by atoms with Crippen LogP contribution in [0.4, 0.5) is 0 Å². The Kier molecular flexibility index (Phi) is 6.06. The predicted molar refractivity (Wildman–Crippen MR) is 136 cm³/mol. The second-order valence-corrected chi connectivity index (χ2v) is 8.41. The Morgan fingerprint density at radius 3 is 1.83 bits per heavy atom. The average Bonchev–Trinajstić information content (AvgIpc) is 3.35. The minimum Gasteiger partial charge on any atom is -0.465 e. The van der Waals surface area contributed by atoms with Crippen molar-refractivity contribution in [1.29, 1.82) is 0 Å². The highest BCUT2D eigenvalue weighted by molar-refractivity contribution is 6.01. The molecule has 1 aliphatic heterocycles. The molecule has 0 saturated heterocycles. The van der Waals surface area contributed by atoms with E-state index in [1.165, 1.54) is 7.11 Å². The lowest BCUT2D eigenvalue weighted by atomic mass is 9.89. The van der Waals surface area contributed by atoms with Crippen molar-refractivity contribution in [3.63, 3.8) is 0 Å². The first-order chi connectivity index (χ1) is 17.1. The van der Waals surface area contributed by atoms with E-state index in [1.807, 2.05) is 66.7 Å². The Morgan fingerprint density at radius 2 is 1.31 bits per heavy atom. The molecule has 1 heterocycles. The number of rotatable bonds is 6. The SMILES string of the molecule is COC(=O)c1ccc(C2=NOC(c3ccccc3)(c3ccccc3)N2[C@@H](C)c2ccccc2)cc1. The number of benzene rings is 4. The highest BCUT2D eigenvalue weighted by atomic mass is 16.7. The second-order valence-electron chi connectivity index (χ2n) is 8.41. The fraction of sp³-hybridized carbons (Fsp3) is 0.133. The molecule has 0 aliphatic carbocycles. The molecule has 0 fully saturated rings. The first kappa shape index (κ1) is 22.4. The minimum absolute atomic E-state index is 0.0851. The predicted octanol–water partition coefficient (Wildman–Crippen LogP) is 6.13. The summed E-state index contributed by atoms with van der Waals surface area (Å²) in [5.41, 5.74) is 3.42. The van der Waals surface area contributed by atoms with Gasteiger partial charge in [-0.3, -0.25) is 4.90 Å². The van der Waals surface area contributed by atoms with E-state index in [0.717, 1.165) is 22.3 Å². The Hall–Kier alpha value is -4.38. The van der Waals surface area contributed by atoms with Crippen LogP contribution in [0.15, 0.2) is 120 Å². The quantitative estimate of drug-likeness (QED) is 0.324. The van der Waals surface area contributed by atoms with Crippen molar-refractivity contribution in [1.82, 2.24) is 4.90 Å². The number of carbonyl (C=O) groups excluding carboxylic acids is 1. The molecule has 0 saturated carbocycles. The summed E-state index contributed by atoms with van der Waals surface area (Å²) in [5.74, 6) is 0.309. The van der Waals surface area contributed by atoms with Gasteiger partial charge in [0.1, 0.15) is 0 Å². The molecule has 5 rings (SSSR count). The number of methoxy groups -OCH3 is 1. The van der Waals surface area contributed by atoms with Crippen LogP contribution in [0.1, 0.15) is 45.6 Å². The van der Waals surface area contributed by atoms with E-state index in [0.29, 0.717) is 11.4 Å². The number of nitrogens with zero attached hydrogens (tertiary/aromatic N) is 2. The van der Waals surface area contributed by atoms with Gasteiger partial charge in [0, 0.05) is 16.7 Å². The molecule has 0 amide bonds. The number of esters is 1. The maximum atomic E-state index is 12.0. The standard InChI is InChI=1S/C30H26N2O3/c1-22(23-12-6-3-7-13-23)32-28(24-18-20-25(21-19-24)29(33)34-2)31-35-30(32,26-14-8-4-9-15-26)27-16-10-5-11-17-27/h3-22H,1-2H3/t22-/m0/s1. The van der Waals surface area contributed by atoms with Gasteiger partial charge in [0.2, 0.25) is 0 Å². The van der Waals surface area contributed by atoms with Gasteiger partial charge in [-0.1, -0.05) is 108 Å². The van der Waals surface area contributed by atoms with E-state index in [9.17, 15) is 4.79 Å². The van der Waals surface area contributed by atoms with Crippen LogP contribution in [-0.4, -0.2) is 23.8 Å². The van der Waals surface area contributed by atoms with Gasteiger partial charge in [0.15, 0.2) is 5.84 Å². The summed E-state index contributed by atoms with van der Waals surface area (Å²) in [5, 5.41) is 4.66. The topological polar surface area (TPSA) is 51.1 Å². The minimum atomic E-state index is -0.978. The molecule has 1 aliphatic rings. The third-order valence-electron chi connectivity index (χ3n) is 6.40. The van der Waals surface area contributed by atoms with Gasteiger partial charge >= 0.3 is 5.97 Å². The molecule has 0 aromatic heterocycles. The maximum Gasteiger partial charge on any atom is 0.337 e. The molecular weight excluding hydrogens is 436 g/mol. The fourth-order valence-corrected chi connectivity index (χ4v) is 4.63. The summed E-state index contributed by atoms with van der Waals surface area (Å²) < 4.78 is 4.86. The van der Waals surface area contributed by atoms with E-state index in [2.05, 4.69) is 53.4 Å².